The number of hydrogen-bond acceptors (Lipinski definition) is 5. The molecule has 2 heterocycles. The Bertz CT molecular complexity index is 1400. The molecule has 0 unspecified atom stereocenters. The first-order chi connectivity index (χ1) is 14.8. The molecule has 4 aromatic rings. The topological polar surface area (TPSA) is 100 Å². The van der Waals surface area contributed by atoms with Gasteiger partial charge in [0.1, 0.15) is 12.3 Å². The summed E-state index contributed by atoms with van der Waals surface area (Å²) in [6.07, 6.45) is 1.45. The van der Waals surface area contributed by atoms with Crippen molar-refractivity contribution in [3.05, 3.63) is 81.3 Å². The number of anilines is 1. The summed E-state index contributed by atoms with van der Waals surface area (Å²) in [5.74, 6) is 0.543. The quantitative estimate of drug-likeness (QED) is 0.534. The number of aromatic nitrogens is 4. The molecule has 0 bridgehead atoms. The van der Waals surface area contributed by atoms with Gasteiger partial charge in [0.2, 0.25) is 5.91 Å². The number of carbonyl (C=O) groups excluding carboxylic acids is 1. The van der Waals surface area contributed by atoms with Gasteiger partial charge in [0.05, 0.1) is 12.0 Å². The Balaban J connectivity index is 1.61. The number of benzene rings is 2. The molecule has 1 N–H and O–H groups in total. The Morgan fingerprint density at radius 3 is 2.52 bits per heavy atom. The van der Waals surface area contributed by atoms with Crippen LogP contribution in [0.1, 0.15) is 5.56 Å². The smallest absolute Gasteiger partial charge is 0.332 e. The summed E-state index contributed by atoms with van der Waals surface area (Å²) in [6.45, 7) is 1.54. The van der Waals surface area contributed by atoms with E-state index < -0.39 is 23.7 Å². The molecule has 0 saturated heterocycles. The normalized spacial score (nSPS) is 10.9. The second-order valence-corrected chi connectivity index (χ2v) is 7.22. The van der Waals surface area contributed by atoms with Gasteiger partial charge in [-0.1, -0.05) is 29.8 Å². The number of hydrogen-bond donors (Lipinski definition) is 1. The third kappa shape index (κ3) is 3.85. The van der Waals surface area contributed by atoms with Crippen molar-refractivity contribution in [3.63, 3.8) is 0 Å². The number of carbonyl (C=O) groups is 1. The average Bonchev–Trinajstić information content (AvgIpc) is 3.14. The number of aryl methyl sites for hydroxylation is 3. The number of nitrogens with one attached hydrogen (secondary N) is 1. The van der Waals surface area contributed by atoms with Crippen LogP contribution in [-0.4, -0.2) is 24.6 Å². The van der Waals surface area contributed by atoms with Gasteiger partial charge in [-0.15, -0.1) is 0 Å². The third-order valence-electron chi connectivity index (χ3n) is 4.91. The van der Waals surface area contributed by atoms with Crippen molar-refractivity contribution in [1.82, 2.24) is 18.7 Å². The number of para-hydroxylation sites is 2. The molecule has 0 atom stereocenters. The minimum Gasteiger partial charge on any atom is -0.455 e. The van der Waals surface area contributed by atoms with Gasteiger partial charge < -0.3 is 14.6 Å². The highest BCUT2D eigenvalue weighted by molar-refractivity contribution is 5.92. The number of amides is 1. The van der Waals surface area contributed by atoms with Crippen LogP contribution in [0, 0.1) is 6.92 Å². The van der Waals surface area contributed by atoms with Crippen LogP contribution in [0.15, 0.2) is 64.4 Å². The number of ether oxygens (including phenoxy) is 1. The SMILES string of the molecule is Cc1ccc(Oc2ccccc2NC(=O)Cn2c(=O)c3c(ncn3C)n(C)c2=O)cc1. The summed E-state index contributed by atoms with van der Waals surface area (Å²) < 4.78 is 9.55. The molecule has 0 aliphatic carbocycles. The number of imidazole rings is 1. The van der Waals surface area contributed by atoms with Crippen LogP contribution >= 0.6 is 0 Å². The molecule has 2 aromatic heterocycles. The van der Waals surface area contributed by atoms with Crippen molar-refractivity contribution < 1.29 is 9.53 Å². The monoisotopic (exact) mass is 419 g/mol. The van der Waals surface area contributed by atoms with Crippen molar-refractivity contribution in [2.45, 2.75) is 13.5 Å². The van der Waals surface area contributed by atoms with Crippen LogP contribution in [0.2, 0.25) is 0 Å². The molecular formula is C22H21N5O4. The first-order valence-corrected chi connectivity index (χ1v) is 9.59. The lowest BCUT2D eigenvalue weighted by Crippen LogP contribution is -2.42. The Kier molecular flexibility index (Phi) is 5.16. The van der Waals surface area contributed by atoms with Gasteiger partial charge in [0, 0.05) is 14.1 Å². The van der Waals surface area contributed by atoms with Crippen molar-refractivity contribution >= 4 is 22.8 Å². The van der Waals surface area contributed by atoms with E-state index in [9.17, 15) is 14.4 Å². The standard InChI is InChI=1S/C22H21N5O4/c1-14-8-10-15(11-9-14)31-17-7-5-4-6-16(17)24-18(28)12-27-21(29)19-20(23-13-25(19)2)26(3)22(27)30/h4-11,13H,12H2,1-3H3,(H,24,28). The molecule has 2 aromatic carbocycles. The lowest BCUT2D eigenvalue weighted by molar-refractivity contribution is -0.116. The number of fused-ring (bicyclic) bond motifs is 1. The first kappa shape index (κ1) is 20.1. The van der Waals surface area contributed by atoms with Gasteiger partial charge in [-0.05, 0) is 31.2 Å². The second kappa shape index (κ2) is 7.94. The fourth-order valence-corrected chi connectivity index (χ4v) is 3.26. The summed E-state index contributed by atoms with van der Waals surface area (Å²) in [5.41, 5.74) is 0.864. The third-order valence-corrected chi connectivity index (χ3v) is 4.91. The highest BCUT2D eigenvalue weighted by Gasteiger charge is 2.17. The van der Waals surface area contributed by atoms with E-state index in [1.165, 1.54) is 22.5 Å². The minimum atomic E-state index is -0.615. The summed E-state index contributed by atoms with van der Waals surface area (Å²) in [5, 5.41) is 2.73. The largest absolute Gasteiger partial charge is 0.455 e. The molecule has 9 nitrogen and oxygen atoms in total. The van der Waals surface area contributed by atoms with E-state index >= 15 is 0 Å². The molecule has 0 fully saturated rings. The average molecular weight is 419 g/mol. The Labute approximate surface area is 177 Å². The Hall–Kier alpha value is -4.14. The van der Waals surface area contributed by atoms with Gasteiger partial charge >= 0.3 is 5.69 Å². The van der Waals surface area contributed by atoms with E-state index in [2.05, 4.69) is 10.3 Å². The molecule has 0 spiro atoms. The molecule has 0 saturated carbocycles. The van der Waals surface area contributed by atoms with Gasteiger partial charge in [0.15, 0.2) is 16.9 Å². The van der Waals surface area contributed by atoms with Gasteiger partial charge in [0.25, 0.3) is 5.56 Å². The summed E-state index contributed by atoms with van der Waals surface area (Å²) >= 11 is 0. The van der Waals surface area contributed by atoms with E-state index in [1.807, 2.05) is 31.2 Å². The molecule has 0 radical (unpaired) electrons. The number of nitrogens with zero attached hydrogens (tertiary/aromatic N) is 4. The second-order valence-electron chi connectivity index (χ2n) is 7.22. The maximum Gasteiger partial charge on any atom is 0.332 e. The van der Waals surface area contributed by atoms with Crippen molar-refractivity contribution in [3.8, 4) is 11.5 Å². The van der Waals surface area contributed by atoms with Gasteiger partial charge in [-0.25, -0.2) is 14.3 Å². The predicted molar refractivity (Wildman–Crippen MR) is 117 cm³/mol. The van der Waals surface area contributed by atoms with Crippen LogP contribution in [0.3, 0.4) is 0 Å². The van der Waals surface area contributed by atoms with Crippen LogP contribution in [-0.2, 0) is 25.4 Å². The zero-order valence-electron chi connectivity index (χ0n) is 17.3. The van der Waals surface area contributed by atoms with Crippen LogP contribution in [0.5, 0.6) is 11.5 Å². The van der Waals surface area contributed by atoms with Gasteiger partial charge in [-0.2, -0.15) is 0 Å². The summed E-state index contributed by atoms with van der Waals surface area (Å²) in [6, 6.07) is 14.5. The van der Waals surface area contributed by atoms with Crippen molar-refractivity contribution in [2.24, 2.45) is 14.1 Å². The summed E-state index contributed by atoms with van der Waals surface area (Å²) in [7, 11) is 3.17. The zero-order chi connectivity index (χ0) is 22.1. The maximum atomic E-state index is 12.8. The highest BCUT2D eigenvalue weighted by Crippen LogP contribution is 2.29. The Morgan fingerprint density at radius 1 is 1.06 bits per heavy atom. The molecule has 1 amide bonds. The fourth-order valence-electron chi connectivity index (χ4n) is 3.26. The van der Waals surface area contributed by atoms with E-state index in [-0.39, 0.29) is 11.2 Å². The lowest BCUT2D eigenvalue weighted by Gasteiger charge is -2.13. The van der Waals surface area contributed by atoms with Crippen molar-refractivity contribution in [1.29, 1.82) is 0 Å². The minimum absolute atomic E-state index is 0.248. The van der Waals surface area contributed by atoms with E-state index in [1.54, 1.807) is 31.3 Å². The molecule has 0 aliphatic heterocycles. The molecule has 31 heavy (non-hydrogen) atoms. The molecule has 0 aliphatic rings. The summed E-state index contributed by atoms with van der Waals surface area (Å²) in [4.78, 5) is 42.2. The van der Waals surface area contributed by atoms with Crippen molar-refractivity contribution in [2.75, 3.05) is 5.32 Å². The van der Waals surface area contributed by atoms with E-state index in [0.29, 0.717) is 17.2 Å². The van der Waals surface area contributed by atoms with Crippen LogP contribution in [0.25, 0.3) is 11.2 Å². The maximum absolute atomic E-state index is 12.8. The number of rotatable bonds is 5. The fraction of sp³-hybridized carbons (Fsp3) is 0.182. The van der Waals surface area contributed by atoms with E-state index in [0.717, 1.165) is 10.1 Å². The highest BCUT2D eigenvalue weighted by atomic mass is 16.5. The van der Waals surface area contributed by atoms with Crippen LogP contribution in [0.4, 0.5) is 5.69 Å². The molecular weight excluding hydrogens is 398 g/mol. The van der Waals surface area contributed by atoms with E-state index in [4.69, 9.17) is 4.74 Å². The first-order valence-electron chi connectivity index (χ1n) is 9.59. The Morgan fingerprint density at radius 2 is 1.77 bits per heavy atom. The predicted octanol–water partition coefficient (Wildman–Crippen LogP) is 2.17. The van der Waals surface area contributed by atoms with Crippen LogP contribution < -0.4 is 21.3 Å². The molecule has 4 rings (SSSR count). The lowest BCUT2D eigenvalue weighted by atomic mass is 10.2. The van der Waals surface area contributed by atoms with Gasteiger partial charge in [-0.3, -0.25) is 14.2 Å². The molecule has 9 heteroatoms. The molecule has 158 valence electrons. The zero-order valence-corrected chi connectivity index (χ0v) is 17.3.